The highest BCUT2D eigenvalue weighted by atomic mass is 16.5. The quantitative estimate of drug-likeness (QED) is 0.241. The summed E-state index contributed by atoms with van der Waals surface area (Å²) >= 11 is 0. The average molecular weight is 548 g/mol. The molecule has 208 valence electrons. The first kappa shape index (κ1) is 28.0. The van der Waals surface area contributed by atoms with Crippen LogP contribution >= 0.6 is 0 Å². The Balaban J connectivity index is 1.40. The molecule has 4 rings (SSSR count). The zero-order valence-corrected chi connectivity index (χ0v) is 21.8. The van der Waals surface area contributed by atoms with Gasteiger partial charge in [0, 0.05) is 36.8 Å². The van der Waals surface area contributed by atoms with Gasteiger partial charge < -0.3 is 29.8 Å². The summed E-state index contributed by atoms with van der Waals surface area (Å²) in [5.74, 6) is -1.77. The Labute approximate surface area is 229 Å². The molecule has 0 saturated carbocycles. The van der Waals surface area contributed by atoms with E-state index < -0.39 is 29.4 Å². The second-order valence-corrected chi connectivity index (χ2v) is 9.27. The van der Waals surface area contributed by atoms with Crippen LogP contribution in [-0.4, -0.2) is 46.0 Å². The van der Waals surface area contributed by atoms with Gasteiger partial charge in [-0.3, -0.25) is 19.2 Å². The van der Waals surface area contributed by atoms with Crippen molar-refractivity contribution in [1.82, 2.24) is 20.4 Å². The molecule has 1 fully saturated rings. The number of esters is 1. The molecule has 1 saturated heterocycles. The van der Waals surface area contributed by atoms with E-state index in [9.17, 15) is 24.0 Å². The number of carbonyl (C=O) groups is 4. The molecule has 0 spiro atoms. The van der Waals surface area contributed by atoms with E-state index in [-0.39, 0.29) is 42.8 Å². The van der Waals surface area contributed by atoms with E-state index in [0.29, 0.717) is 18.7 Å². The third kappa shape index (κ3) is 7.76. The summed E-state index contributed by atoms with van der Waals surface area (Å²) in [6.07, 6.45) is 4.98. The number of hydrogen-bond acceptors (Lipinski definition) is 8. The molecule has 3 N–H and O–H groups in total. The summed E-state index contributed by atoms with van der Waals surface area (Å²) < 4.78 is 11.3. The van der Waals surface area contributed by atoms with Crippen molar-refractivity contribution in [3.8, 4) is 0 Å². The highest BCUT2D eigenvalue weighted by molar-refractivity contribution is 6.02. The first-order valence-electron chi connectivity index (χ1n) is 12.7. The summed E-state index contributed by atoms with van der Waals surface area (Å²) in [6.45, 7) is 1.91. The Hall–Kier alpha value is -5.00. The zero-order valence-electron chi connectivity index (χ0n) is 21.8. The lowest BCUT2D eigenvalue weighted by atomic mass is 9.98. The minimum absolute atomic E-state index is 0.0120. The number of pyridine rings is 1. The standard InChI is InChI=1S/C28H29N5O7/c1-18-14-23(32-40-18)27(37)31-22-8-5-13-33(28(22)38)16-24(34)30-21(15-20-11-12-29-26(20)36)9-10-25(35)39-17-19-6-3-2-4-7-19/h2-10,13-14,20-21H,11-12,15-17H2,1H3,(H,29,36)(H,30,34)(H,31,37)/b10-9+/t20?,21-/m1/s1. The number of nitrogens with zero attached hydrogens (tertiary/aromatic N) is 2. The SMILES string of the molecule is Cc1cc(C(=O)Nc2cccn(CC(=O)N[C@H](/C=C/C(=O)OCc3ccccc3)CC3CCNC3=O)c2=O)no1. The van der Waals surface area contributed by atoms with E-state index in [1.165, 1.54) is 36.5 Å². The smallest absolute Gasteiger partial charge is 0.330 e. The molecule has 3 amide bonds. The maximum absolute atomic E-state index is 12.9. The monoisotopic (exact) mass is 547 g/mol. The van der Waals surface area contributed by atoms with Crippen molar-refractivity contribution in [2.45, 2.75) is 39.0 Å². The van der Waals surface area contributed by atoms with Gasteiger partial charge in [-0.05, 0) is 37.5 Å². The summed E-state index contributed by atoms with van der Waals surface area (Å²) in [5, 5.41) is 11.6. The van der Waals surface area contributed by atoms with Crippen molar-refractivity contribution < 1.29 is 28.4 Å². The molecule has 2 aromatic heterocycles. The van der Waals surface area contributed by atoms with Crippen molar-refractivity contribution in [2.75, 3.05) is 11.9 Å². The van der Waals surface area contributed by atoms with Crippen LogP contribution < -0.4 is 21.5 Å². The molecule has 3 aromatic rings. The average Bonchev–Trinajstić information content (AvgIpc) is 3.56. The van der Waals surface area contributed by atoms with Gasteiger partial charge in [-0.2, -0.15) is 0 Å². The van der Waals surface area contributed by atoms with E-state index in [1.54, 1.807) is 6.92 Å². The second-order valence-electron chi connectivity index (χ2n) is 9.27. The minimum atomic E-state index is -0.667. The van der Waals surface area contributed by atoms with Crippen LogP contribution in [0.1, 0.15) is 34.7 Å². The van der Waals surface area contributed by atoms with Gasteiger partial charge in [0.1, 0.15) is 24.6 Å². The van der Waals surface area contributed by atoms with Gasteiger partial charge in [0.15, 0.2) is 5.69 Å². The molecule has 1 aliphatic rings. The number of carbonyl (C=O) groups excluding carboxylic acids is 4. The Bertz CT molecular complexity index is 1460. The molecule has 0 bridgehead atoms. The van der Waals surface area contributed by atoms with Crippen LogP contribution in [0.2, 0.25) is 0 Å². The molecule has 1 aromatic carbocycles. The molecule has 12 nitrogen and oxygen atoms in total. The van der Waals surface area contributed by atoms with E-state index in [2.05, 4.69) is 21.1 Å². The minimum Gasteiger partial charge on any atom is -0.458 e. The lowest BCUT2D eigenvalue weighted by Gasteiger charge is -2.18. The Morgan fingerprint density at radius 2 is 2.00 bits per heavy atom. The largest absolute Gasteiger partial charge is 0.458 e. The van der Waals surface area contributed by atoms with Crippen LogP contribution in [0.3, 0.4) is 0 Å². The number of nitrogens with one attached hydrogen (secondary N) is 3. The Morgan fingerprint density at radius 3 is 2.70 bits per heavy atom. The maximum atomic E-state index is 12.9. The first-order chi connectivity index (χ1) is 19.3. The molecule has 0 radical (unpaired) electrons. The fraction of sp³-hybridized carbons (Fsp3) is 0.286. The number of ether oxygens (including phenoxy) is 1. The maximum Gasteiger partial charge on any atom is 0.330 e. The van der Waals surface area contributed by atoms with E-state index >= 15 is 0 Å². The van der Waals surface area contributed by atoms with Gasteiger partial charge in [0.2, 0.25) is 11.8 Å². The number of amides is 3. The van der Waals surface area contributed by atoms with Crippen molar-refractivity contribution in [3.63, 3.8) is 0 Å². The molecular weight excluding hydrogens is 518 g/mol. The van der Waals surface area contributed by atoms with E-state index in [4.69, 9.17) is 9.26 Å². The zero-order chi connectivity index (χ0) is 28.5. The molecule has 40 heavy (non-hydrogen) atoms. The van der Waals surface area contributed by atoms with Gasteiger partial charge in [-0.15, -0.1) is 0 Å². The van der Waals surface area contributed by atoms with Crippen molar-refractivity contribution in [1.29, 1.82) is 0 Å². The lowest BCUT2D eigenvalue weighted by Crippen LogP contribution is -2.40. The predicted molar refractivity (Wildman–Crippen MR) is 143 cm³/mol. The van der Waals surface area contributed by atoms with Crippen LogP contribution in [0.25, 0.3) is 0 Å². The van der Waals surface area contributed by atoms with Gasteiger partial charge in [-0.25, -0.2) is 4.79 Å². The first-order valence-corrected chi connectivity index (χ1v) is 12.7. The normalized spacial score (nSPS) is 15.4. The molecule has 3 heterocycles. The molecule has 1 aliphatic heterocycles. The highest BCUT2D eigenvalue weighted by Gasteiger charge is 2.27. The molecule has 12 heteroatoms. The highest BCUT2D eigenvalue weighted by Crippen LogP contribution is 2.17. The number of benzene rings is 1. The van der Waals surface area contributed by atoms with Crippen LogP contribution in [0, 0.1) is 12.8 Å². The van der Waals surface area contributed by atoms with Crippen LogP contribution in [0.4, 0.5) is 5.69 Å². The van der Waals surface area contributed by atoms with Crippen LogP contribution in [0.15, 0.2) is 76.2 Å². The number of aromatic nitrogens is 2. The van der Waals surface area contributed by atoms with Crippen molar-refractivity contribution in [3.05, 3.63) is 94.3 Å². The number of aryl methyl sites for hydroxylation is 1. The van der Waals surface area contributed by atoms with Gasteiger partial charge >= 0.3 is 5.97 Å². The van der Waals surface area contributed by atoms with E-state index in [1.807, 2.05) is 30.3 Å². The number of anilines is 1. The van der Waals surface area contributed by atoms with Crippen molar-refractivity contribution >= 4 is 29.4 Å². The third-order valence-corrected chi connectivity index (χ3v) is 6.18. The fourth-order valence-electron chi connectivity index (χ4n) is 4.16. The van der Waals surface area contributed by atoms with Crippen LogP contribution in [0.5, 0.6) is 0 Å². The summed E-state index contributed by atoms with van der Waals surface area (Å²) in [4.78, 5) is 62.6. The third-order valence-electron chi connectivity index (χ3n) is 6.18. The summed E-state index contributed by atoms with van der Waals surface area (Å²) in [5.41, 5.74) is 0.203. The molecular formula is C28H29N5O7. The Kier molecular flexibility index (Phi) is 9.23. The van der Waals surface area contributed by atoms with Gasteiger partial charge in [0.05, 0.1) is 0 Å². The molecule has 1 unspecified atom stereocenters. The summed E-state index contributed by atoms with van der Waals surface area (Å²) in [7, 11) is 0. The molecule has 2 atom stereocenters. The summed E-state index contributed by atoms with van der Waals surface area (Å²) in [6, 6.07) is 12.9. The van der Waals surface area contributed by atoms with Gasteiger partial charge in [-0.1, -0.05) is 41.6 Å². The van der Waals surface area contributed by atoms with E-state index in [0.717, 1.165) is 10.1 Å². The topological polar surface area (TPSA) is 162 Å². The fourth-order valence-corrected chi connectivity index (χ4v) is 4.16. The van der Waals surface area contributed by atoms with Gasteiger partial charge in [0.25, 0.3) is 11.5 Å². The van der Waals surface area contributed by atoms with Crippen LogP contribution in [-0.2, 0) is 32.3 Å². The number of hydrogen-bond donors (Lipinski definition) is 3. The van der Waals surface area contributed by atoms with Crippen molar-refractivity contribution in [2.24, 2.45) is 5.92 Å². The molecule has 0 aliphatic carbocycles. The number of rotatable bonds is 11. The second kappa shape index (κ2) is 13.2. The predicted octanol–water partition coefficient (Wildman–Crippen LogP) is 1.71. The Morgan fingerprint density at radius 1 is 1.20 bits per heavy atom. The lowest BCUT2D eigenvalue weighted by molar-refractivity contribution is -0.139.